The van der Waals surface area contributed by atoms with Gasteiger partial charge in [-0.25, -0.2) is 9.97 Å². The van der Waals surface area contributed by atoms with Gasteiger partial charge < -0.3 is 10.2 Å². The van der Waals surface area contributed by atoms with E-state index in [2.05, 4.69) is 27.1 Å². The Kier molecular flexibility index (Phi) is 4.31. The van der Waals surface area contributed by atoms with Crippen LogP contribution in [0.2, 0.25) is 0 Å². The molecule has 0 spiro atoms. The first-order valence-electron chi connectivity index (χ1n) is 6.57. The van der Waals surface area contributed by atoms with E-state index in [0.717, 1.165) is 24.6 Å². The minimum absolute atomic E-state index is 0.691. The molecule has 4 nitrogen and oxygen atoms in total. The van der Waals surface area contributed by atoms with Crippen LogP contribution in [0.1, 0.15) is 38.2 Å². The highest BCUT2D eigenvalue weighted by Crippen LogP contribution is 2.29. The lowest BCUT2D eigenvalue weighted by molar-refractivity contribution is 0.691. The second kappa shape index (κ2) is 5.96. The highest BCUT2D eigenvalue weighted by atomic mass is 15.3. The average Bonchev–Trinajstić information content (AvgIpc) is 3.16. The van der Waals surface area contributed by atoms with Crippen molar-refractivity contribution in [1.82, 2.24) is 15.3 Å². The minimum Gasteiger partial charge on any atom is -0.338 e. The van der Waals surface area contributed by atoms with E-state index >= 15 is 0 Å². The van der Waals surface area contributed by atoms with Crippen molar-refractivity contribution in [1.29, 1.82) is 0 Å². The third kappa shape index (κ3) is 3.40. The van der Waals surface area contributed by atoms with Crippen molar-refractivity contribution in [3.63, 3.8) is 0 Å². The molecule has 1 aliphatic carbocycles. The summed E-state index contributed by atoms with van der Waals surface area (Å²) in [5.41, 5.74) is 1.14. The Bertz CT molecular complexity index is 332. The van der Waals surface area contributed by atoms with E-state index in [1.165, 1.54) is 25.7 Å². The first-order chi connectivity index (χ1) is 8.35. The number of rotatable bonds is 7. The highest BCUT2D eigenvalue weighted by Gasteiger charge is 2.30. The Morgan fingerprint density at radius 2 is 2.06 bits per heavy atom. The van der Waals surface area contributed by atoms with Crippen LogP contribution in [-0.4, -0.2) is 29.6 Å². The summed E-state index contributed by atoms with van der Waals surface area (Å²) in [7, 11) is 1.94. The Labute approximate surface area is 103 Å². The van der Waals surface area contributed by atoms with Crippen LogP contribution in [0.4, 0.5) is 5.95 Å². The molecule has 1 N–H and O–H groups in total. The lowest BCUT2D eigenvalue weighted by atomic mass is 10.3. The molecule has 0 atom stereocenters. The minimum atomic E-state index is 0.691. The van der Waals surface area contributed by atoms with Gasteiger partial charge in [0.1, 0.15) is 0 Å². The largest absolute Gasteiger partial charge is 0.338 e. The molecule has 0 aliphatic heterocycles. The third-order valence-corrected chi connectivity index (χ3v) is 3.07. The van der Waals surface area contributed by atoms with Crippen LogP contribution < -0.4 is 10.2 Å². The number of anilines is 1. The van der Waals surface area contributed by atoms with Crippen molar-refractivity contribution in [2.24, 2.45) is 0 Å². The van der Waals surface area contributed by atoms with Crippen LogP contribution in [0.3, 0.4) is 0 Å². The molecule has 0 amide bonds. The number of hydrogen-bond donors (Lipinski definition) is 1. The summed E-state index contributed by atoms with van der Waals surface area (Å²) < 4.78 is 0. The van der Waals surface area contributed by atoms with Gasteiger partial charge in [0.2, 0.25) is 5.95 Å². The molecule has 1 fully saturated rings. The summed E-state index contributed by atoms with van der Waals surface area (Å²) >= 11 is 0. The number of aromatic nitrogens is 2. The molecule has 1 aromatic rings. The van der Waals surface area contributed by atoms with E-state index in [0.29, 0.717) is 6.04 Å². The average molecular weight is 234 g/mol. The van der Waals surface area contributed by atoms with Gasteiger partial charge >= 0.3 is 0 Å². The molecule has 94 valence electrons. The van der Waals surface area contributed by atoms with Crippen LogP contribution in [0.25, 0.3) is 0 Å². The van der Waals surface area contributed by atoms with E-state index in [4.69, 9.17) is 0 Å². The topological polar surface area (TPSA) is 41.1 Å². The number of unbranched alkanes of at least 4 members (excludes halogenated alkanes) is 1. The molecule has 17 heavy (non-hydrogen) atoms. The van der Waals surface area contributed by atoms with Gasteiger partial charge in [0, 0.05) is 37.1 Å². The quantitative estimate of drug-likeness (QED) is 0.783. The first kappa shape index (κ1) is 12.3. The summed E-state index contributed by atoms with van der Waals surface area (Å²) in [6, 6.07) is 0.691. The standard InChI is InChI=1S/C13H22N4/c1-3-4-7-17(12-5-6-12)13-15-9-11(8-14-2)10-16-13/h9-10,12,14H,3-8H2,1-2H3. The van der Waals surface area contributed by atoms with Crippen LogP contribution >= 0.6 is 0 Å². The van der Waals surface area contributed by atoms with Crippen molar-refractivity contribution >= 4 is 5.95 Å². The molecule has 0 saturated heterocycles. The van der Waals surface area contributed by atoms with E-state index in [-0.39, 0.29) is 0 Å². The maximum absolute atomic E-state index is 4.49. The molecule has 1 heterocycles. The first-order valence-corrected chi connectivity index (χ1v) is 6.57. The summed E-state index contributed by atoms with van der Waals surface area (Å²) in [6.07, 6.45) is 8.90. The van der Waals surface area contributed by atoms with E-state index < -0.39 is 0 Å². The van der Waals surface area contributed by atoms with Gasteiger partial charge in [-0.1, -0.05) is 13.3 Å². The second-order valence-corrected chi connectivity index (χ2v) is 4.70. The predicted octanol–water partition coefficient (Wildman–Crippen LogP) is 1.96. The van der Waals surface area contributed by atoms with Crippen LogP contribution in [0.5, 0.6) is 0 Å². The SMILES string of the molecule is CCCCN(c1ncc(CNC)cn1)C1CC1. The van der Waals surface area contributed by atoms with Crippen molar-refractivity contribution in [3.05, 3.63) is 18.0 Å². The smallest absolute Gasteiger partial charge is 0.225 e. The van der Waals surface area contributed by atoms with Gasteiger partial charge in [0.25, 0.3) is 0 Å². The molecular weight excluding hydrogens is 212 g/mol. The van der Waals surface area contributed by atoms with Gasteiger partial charge in [-0.2, -0.15) is 0 Å². The van der Waals surface area contributed by atoms with Crippen molar-refractivity contribution < 1.29 is 0 Å². The number of nitrogens with zero attached hydrogens (tertiary/aromatic N) is 3. The molecule has 1 saturated carbocycles. The summed E-state index contributed by atoms with van der Waals surface area (Å²) in [5.74, 6) is 0.904. The number of hydrogen-bond acceptors (Lipinski definition) is 4. The molecular formula is C13H22N4. The maximum Gasteiger partial charge on any atom is 0.225 e. The van der Waals surface area contributed by atoms with Crippen LogP contribution in [-0.2, 0) is 6.54 Å². The van der Waals surface area contributed by atoms with Crippen LogP contribution in [0, 0.1) is 0 Å². The van der Waals surface area contributed by atoms with Gasteiger partial charge in [-0.15, -0.1) is 0 Å². The van der Waals surface area contributed by atoms with E-state index in [1.807, 2.05) is 19.4 Å². The summed E-state index contributed by atoms with van der Waals surface area (Å²) in [6.45, 7) is 4.15. The molecule has 0 aromatic carbocycles. The summed E-state index contributed by atoms with van der Waals surface area (Å²) in [4.78, 5) is 11.3. The monoisotopic (exact) mass is 234 g/mol. The Morgan fingerprint density at radius 1 is 1.35 bits per heavy atom. The maximum atomic E-state index is 4.49. The second-order valence-electron chi connectivity index (χ2n) is 4.70. The normalized spacial score (nSPS) is 14.9. The summed E-state index contributed by atoms with van der Waals surface area (Å²) in [5, 5.41) is 3.11. The fourth-order valence-electron chi connectivity index (χ4n) is 1.95. The zero-order chi connectivity index (χ0) is 12.1. The zero-order valence-electron chi connectivity index (χ0n) is 10.8. The molecule has 1 aromatic heterocycles. The molecule has 1 aliphatic rings. The molecule has 0 radical (unpaired) electrons. The van der Waals surface area contributed by atoms with E-state index in [9.17, 15) is 0 Å². The van der Waals surface area contributed by atoms with Gasteiger partial charge in [-0.3, -0.25) is 0 Å². The lowest BCUT2D eigenvalue weighted by Crippen LogP contribution is -2.28. The Balaban J connectivity index is 2.01. The fraction of sp³-hybridized carbons (Fsp3) is 0.692. The van der Waals surface area contributed by atoms with Gasteiger partial charge in [0.15, 0.2) is 0 Å². The lowest BCUT2D eigenvalue weighted by Gasteiger charge is -2.21. The molecule has 2 rings (SSSR count). The number of nitrogens with one attached hydrogen (secondary N) is 1. The Hall–Kier alpha value is -1.16. The Morgan fingerprint density at radius 3 is 2.59 bits per heavy atom. The van der Waals surface area contributed by atoms with Gasteiger partial charge in [-0.05, 0) is 26.3 Å². The van der Waals surface area contributed by atoms with Crippen molar-refractivity contribution in [3.8, 4) is 0 Å². The molecule has 4 heteroatoms. The van der Waals surface area contributed by atoms with Crippen molar-refractivity contribution in [2.45, 2.75) is 45.2 Å². The molecule has 0 bridgehead atoms. The van der Waals surface area contributed by atoms with Crippen LogP contribution in [0.15, 0.2) is 12.4 Å². The highest BCUT2D eigenvalue weighted by molar-refractivity contribution is 5.33. The van der Waals surface area contributed by atoms with Crippen molar-refractivity contribution in [2.75, 3.05) is 18.5 Å². The predicted molar refractivity (Wildman–Crippen MR) is 70.1 cm³/mol. The zero-order valence-corrected chi connectivity index (χ0v) is 10.8. The third-order valence-electron chi connectivity index (χ3n) is 3.07. The van der Waals surface area contributed by atoms with E-state index in [1.54, 1.807) is 0 Å². The fourth-order valence-corrected chi connectivity index (χ4v) is 1.95. The molecule has 0 unspecified atom stereocenters. The van der Waals surface area contributed by atoms with Gasteiger partial charge in [0.05, 0.1) is 0 Å².